The number of hydrogen-bond donors (Lipinski definition) is 6. The molecule has 0 aromatic carbocycles. The number of unbranched alkanes of at least 4 members (excludes halogenated alkanes) is 11. The minimum Gasteiger partial charge on any atom is -0.394 e. The lowest BCUT2D eigenvalue weighted by Gasteiger charge is -2.40. The number of carbonyl (C=O) groups is 1. The number of hydrogen-bond acceptors (Lipinski definition) is 8. The normalized spacial score (nSPS) is 21.8. The lowest BCUT2D eigenvalue weighted by atomic mass is 9.99. The van der Waals surface area contributed by atoms with Gasteiger partial charge in [0, 0.05) is 6.42 Å². The number of nitrogens with one attached hydrogen (secondary N) is 1. The minimum absolute atomic E-state index is 0.218. The van der Waals surface area contributed by atoms with E-state index in [4.69, 9.17) is 9.47 Å². The van der Waals surface area contributed by atoms with Crippen LogP contribution in [-0.4, -0.2) is 87.5 Å². The predicted molar refractivity (Wildman–Crippen MR) is 239 cm³/mol. The van der Waals surface area contributed by atoms with Gasteiger partial charge in [-0.3, -0.25) is 4.79 Å². The molecule has 6 N–H and O–H groups in total. The molecule has 0 aliphatic carbocycles. The maximum Gasteiger partial charge on any atom is 0.220 e. The molecule has 1 amide bonds. The average Bonchev–Trinajstić information content (AvgIpc) is 3.22. The third-order valence-corrected chi connectivity index (χ3v) is 9.89. The zero-order valence-electron chi connectivity index (χ0n) is 36.0. The van der Waals surface area contributed by atoms with Gasteiger partial charge in [0.05, 0.1) is 25.4 Å². The van der Waals surface area contributed by atoms with Gasteiger partial charge in [-0.2, -0.15) is 0 Å². The highest BCUT2D eigenvalue weighted by Crippen LogP contribution is 2.22. The Balaban J connectivity index is 2.39. The average molecular weight is 812 g/mol. The van der Waals surface area contributed by atoms with Gasteiger partial charge in [0.2, 0.25) is 5.91 Å². The summed E-state index contributed by atoms with van der Waals surface area (Å²) >= 11 is 0. The number of aliphatic hydroxyl groups excluding tert-OH is 5. The summed E-state index contributed by atoms with van der Waals surface area (Å²) in [7, 11) is 0. The van der Waals surface area contributed by atoms with Crippen LogP contribution in [0.3, 0.4) is 0 Å². The second-order valence-electron chi connectivity index (χ2n) is 15.1. The van der Waals surface area contributed by atoms with Crippen molar-refractivity contribution in [2.45, 2.75) is 192 Å². The van der Waals surface area contributed by atoms with E-state index in [0.29, 0.717) is 12.8 Å². The molecule has 0 spiro atoms. The highest BCUT2D eigenvalue weighted by atomic mass is 16.7. The summed E-state index contributed by atoms with van der Waals surface area (Å²) < 4.78 is 11.2. The van der Waals surface area contributed by atoms with Crippen LogP contribution in [0.4, 0.5) is 0 Å². The van der Waals surface area contributed by atoms with E-state index in [2.05, 4.69) is 104 Å². The molecule has 7 atom stereocenters. The van der Waals surface area contributed by atoms with E-state index in [-0.39, 0.29) is 12.5 Å². The summed E-state index contributed by atoms with van der Waals surface area (Å²) in [5.41, 5.74) is 0. The van der Waals surface area contributed by atoms with Gasteiger partial charge in [-0.1, -0.05) is 156 Å². The Morgan fingerprint density at radius 2 is 1.09 bits per heavy atom. The molecule has 1 rings (SSSR count). The van der Waals surface area contributed by atoms with E-state index in [9.17, 15) is 30.3 Å². The summed E-state index contributed by atoms with van der Waals surface area (Å²) in [5, 5.41) is 54.0. The molecule has 0 aromatic heterocycles. The van der Waals surface area contributed by atoms with Crippen LogP contribution in [-0.2, 0) is 14.3 Å². The van der Waals surface area contributed by atoms with Crippen LogP contribution >= 0.6 is 0 Å². The van der Waals surface area contributed by atoms with Crippen molar-refractivity contribution in [1.29, 1.82) is 0 Å². The van der Waals surface area contributed by atoms with Crippen LogP contribution < -0.4 is 5.32 Å². The minimum atomic E-state index is -1.58. The lowest BCUT2D eigenvalue weighted by Crippen LogP contribution is -2.60. The molecule has 58 heavy (non-hydrogen) atoms. The summed E-state index contributed by atoms with van der Waals surface area (Å²) in [6, 6.07) is -0.840. The van der Waals surface area contributed by atoms with Gasteiger partial charge in [-0.25, -0.2) is 0 Å². The third-order valence-electron chi connectivity index (χ3n) is 9.89. The predicted octanol–water partition coefficient (Wildman–Crippen LogP) is 9.33. The molecule has 0 aromatic rings. The molecular formula is C49H81NO8. The van der Waals surface area contributed by atoms with Gasteiger partial charge in [0.25, 0.3) is 0 Å². The molecule has 1 aliphatic heterocycles. The van der Waals surface area contributed by atoms with Gasteiger partial charge in [-0.15, -0.1) is 0 Å². The quantitative estimate of drug-likeness (QED) is 0.0274. The number of rotatable bonds is 35. The van der Waals surface area contributed by atoms with E-state index in [0.717, 1.165) is 83.5 Å². The number of aliphatic hydroxyl groups is 5. The largest absolute Gasteiger partial charge is 0.394 e. The Bertz CT molecular complexity index is 1220. The summed E-state index contributed by atoms with van der Waals surface area (Å²) in [6.07, 6.45) is 47.3. The van der Waals surface area contributed by atoms with E-state index in [1.54, 1.807) is 6.08 Å². The smallest absolute Gasteiger partial charge is 0.220 e. The molecule has 1 saturated heterocycles. The molecule has 1 aliphatic rings. The van der Waals surface area contributed by atoms with Crippen molar-refractivity contribution in [1.82, 2.24) is 5.32 Å². The Kier molecular flexibility index (Phi) is 35.1. The van der Waals surface area contributed by atoms with Gasteiger partial charge in [-0.05, 0) is 83.5 Å². The fraction of sp³-hybridized carbons (Fsp3) is 0.653. The molecule has 9 nitrogen and oxygen atoms in total. The van der Waals surface area contributed by atoms with E-state index >= 15 is 0 Å². The topological polar surface area (TPSA) is 149 Å². The summed E-state index contributed by atoms with van der Waals surface area (Å²) in [6.45, 7) is 3.58. The highest BCUT2D eigenvalue weighted by Gasteiger charge is 2.44. The van der Waals surface area contributed by atoms with Crippen molar-refractivity contribution in [3.05, 3.63) is 97.2 Å². The van der Waals surface area contributed by atoms with Crippen molar-refractivity contribution >= 4 is 5.91 Å². The molecular weight excluding hydrogens is 731 g/mol. The van der Waals surface area contributed by atoms with Crippen LogP contribution in [0.15, 0.2) is 97.2 Å². The van der Waals surface area contributed by atoms with Crippen molar-refractivity contribution < 1.29 is 39.8 Å². The first-order chi connectivity index (χ1) is 28.3. The third kappa shape index (κ3) is 28.5. The Morgan fingerprint density at radius 3 is 1.66 bits per heavy atom. The monoisotopic (exact) mass is 812 g/mol. The second-order valence-corrected chi connectivity index (χ2v) is 15.1. The zero-order chi connectivity index (χ0) is 42.3. The fourth-order valence-electron chi connectivity index (χ4n) is 6.29. The molecule has 9 heteroatoms. The number of allylic oxidation sites excluding steroid dienone is 15. The number of ether oxygens (including phenoxy) is 2. The lowest BCUT2D eigenvalue weighted by molar-refractivity contribution is -0.302. The second kappa shape index (κ2) is 38.3. The molecule has 1 fully saturated rings. The van der Waals surface area contributed by atoms with Crippen LogP contribution in [0.5, 0.6) is 0 Å². The van der Waals surface area contributed by atoms with Gasteiger partial charge >= 0.3 is 0 Å². The first-order valence-corrected chi connectivity index (χ1v) is 22.5. The van der Waals surface area contributed by atoms with Crippen molar-refractivity contribution in [3.63, 3.8) is 0 Å². The zero-order valence-corrected chi connectivity index (χ0v) is 36.0. The van der Waals surface area contributed by atoms with Crippen molar-refractivity contribution in [3.8, 4) is 0 Å². The van der Waals surface area contributed by atoms with Crippen LogP contribution in [0.1, 0.15) is 149 Å². The van der Waals surface area contributed by atoms with E-state index in [1.807, 2.05) is 6.08 Å². The molecule has 0 radical (unpaired) electrons. The molecule has 330 valence electrons. The first kappa shape index (κ1) is 53.1. The van der Waals surface area contributed by atoms with Crippen molar-refractivity contribution in [2.75, 3.05) is 13.2 Å². The van der Waals surface area contributed by atoms with Gasteiger partial charge in [0.1, 0.15) is 24.4 Å². The maximum atomic E-state index is 12.9. The Hall–Kier alpha value is -2.89. The highest BCUT2D eigenvalue weighted by molar-refractivity contribution is 5.76. The van der Waals surface area contributed by atoms with Gasteiger partial charge in [0.15, 0.2) is 6.29 Å². The SMILES string of the molecule is CC/C=C\C/C=C\C/C=C\C/C=C\C/C=C\C/C=C\CCCCCCC(=O)NC(COC1OC(CO)C(O)C(O)C1O)C(O)/C=C/CC/C=C/CCCCCCCC. The number of amides is 1. The van der Waals surface area contributed by atoms with Crippen molar-refractivity contribution in [2.24, 2.45) is 0 Å². The van der Waals surface area contributed by atoms with Crippen LogP contribution in [0.25, 0.3) is 0 Å². The van der Waals surface area contributed by atoms with Gasteiger partial charge < -0.3 is 40.3 Å². The maximum absolute atomic E-state index is 12.9. The summed E-state index contributed by atoms with van der Waals surface area (Å²) in [4.78, 5) is 12.9. The fourth-order valence-corrected chi connectivity index (χ4v) is 6.29. The van der Waals surface area contributed by atoms with Crippen LogP contribution in [0.2, 0.25) is 0 Å². The summed E-state index contributed by atoms with van der Waals surface area (Å²) in [5.74, 6) is -0.218. The molecule has 1 heterocycles. The standard InChI is InChI=1S/C49H81NO8/c1-3-5-7-9-11-13-15-17-18-19-20-21-22-23-24-25-26-27-29-31-33-35-37-39-45(53)50-42(41-57-49-48(56)47(55)46(54)44(40-51)58-49)43(52)38-36-34-32-30-28-16-14-12-10-8-6-4-2/h5,7,11,13,17-18,20-21,23-24,26-28,30,36,38,42-44,46-49,51-52,54-56H,3-4,6,8-10,12,14-16,19,22,25,29,31-35,37,39-41H2,1-2H3,(H,50,53)/b7-5-,13-11-,18-17-,21-20-,24-23-,27-26-,30-28+,38-36+. The Morgan fingerprint density at radius 1 is 0.603 bits per heavy atom. The van der Waals surface area contributed by atoms with Crippen LogP contribution in [0, 0.1) is 0 Å². The van der Waals surface area contributed by atoms with E-state index in [1.165, 1.54) is 38.5 Å². The van der Waals surface area contributed by atoms with E-state index < -0.39 is 49.5 Å². The number of carbonyl (C=O) groups excluding carboxylic acids is 1. The Labute approximate surface area is 352 Å². The molecule has 7 unspecified atom stereocenters. The molecule has 0 saturated carbocycles. The molecule has 0 bridgehead atoms. The first-order valence-electron chi connectivity index (χ1n) is 22.5.